The van der Waals surface area contributed by atoms with Crippen molar-refractivity contribution < 1.29 is 0 Å². The number of hydrogen-bond donors (Lipinski definition) is 1. The summed E-state index contributed by atoms with van der Waals surface area (Å²) in [7, 11) is 0. The number of aromatic amines is 1. The highest BCUT2D eigenvalue weighted by molar-refractivity contribution is 5.25. The lowest BCUT2D eigenvalue weighted by Crippen LogP contribution is -2.06. The Hall–Kier alpha value is -1.64. The first kappa shape index (κ1) is 11.8. The zero-order chi connectivity index (χ0) is 12.3. The number of rotatable bonds is 4. The van der Waals surface area contributed by atoms with E-state index in [-0.39, 0.29) is 0 Å². The van der Waals surface area contributed by atoms with Crippen LogP contribution in [0.5, 0.6) is 0 Å². The Morgan fingerprint density at radius 1 is 1.29 bits per heavy atom. The van der Waals surface area contributed by atoms with E-state index in [2.05, 4.69) is 41.8 Å². The molecular formula is C14H19N3. The Bertz CT molecular complexity index is 488. The van der Waals surface area contributed by atoms with E-state index in [1.54, 1.807) is 6.33 Å². The molecule has 0 spiro atoms. The van der Waals surface area contributed by atoms with Gasteiger partial charge in [-0.05, 0) is 44.2 Å². The van der Waals surface area contributed by atoms with E-state index >= 15 is 0 Å². The van der Waals surface area contributed by atoms with Crippen LogP contribution in [0.2, 0.25) is 0 Å². The molecule has 1 N–H and O–H groups in total. The monoisotopic (exact) mass is 229 g/mol. The minimum absolute atomic E-state index is 0.505. The van der Waals surface area contributed by atoms with Gasteiger partial charge >= 0.3 is 0 Å². The Kier molecular flexibility index (Phi) is 3.57. The van der Waals surface area contributed by atoms with Gasteiger partial charge in [0, 0.05) is 17.6 Å². The number of aromatic nitrogens is 3. The van der Waals surface area contributed by atoms with Gasteiger partial charge in [-0.15, -0.1) is 0 Å². The van der Waals surface area contributed by atoms with Gasteiger partial charge in [-0.25, -0.2) is 4.98 Å². The quantitative estimate of drug-likeness (QED) is 0.875. The van der Waals surface area contributed by atoms with Crippen LogP contribution in [-0.2, 0) is 6.42 Å². The van der Waals surface area contributed by atoms with Gasteiger partial charge in [-0.2, -0.15) is 0 Å². The fourth-order valence-electron chi connectivity index (χ4n) is 2.23. The predicted molar refractivity (Wildman–Crippen MR) is 69.0 cm³/mol. The number of nitrogens with zero attached hydrogens (tertiary/aromatic N) is 2. The van der Waals surface area contributed by atoms with Crippen LogP contribution in [0.15, 0.2) is 24.7 Å². The van der Waals surface area contributed by atoms with E-state index in [0.29, 0.717) is 5.92 Å². The van der Waals surface area contributed by atoms with Gasteiger partial charge in [0.2, 0.25) is 0 Å². The van der Waals surface area contributed by atoms with Crippen molar-refractivity contribution in [3.63, 3.8) is 0 Å². The Morgan fingerprint density at radius 2 is 2.12 bits per heavy atom. The molecule has 1 atom stereocenters. The number of H-pyrrole nitrogens is 1. The number of pyridine rings is 1. The van der Waals surface area contributed by atoms with E-state index in [1.807, 2.05) is 12.3 Å². The molecule has 3 heteroatoms. The third-order valence-corrected chi connectivity index (χ3v) is 3.35. The summed E-state index contributed by atoms with van der Waals surface area (Å²) >= 11 is 0. The van der Waals surface area contributed by atoms with E-state index in [9.17, 15) is 0 Å². The molecular weight excluding hydrogens is 210 g/mol. The number of aryl methyl sites for hydroxylation is 2. The Balaban J connectivity index is 2.23. The highest BCUT2D eigenvalue weighted by Gasteiger charge is 2.15. The van der Waals surface area contributed by atoms with Crippen molar-refractivity contribution in [1.82, 2.24) is 15.0 Å². The molecule has 2 aromatic rings. The first-order valence-electron chi connectivity index (χ1n) is 6.12. The van der Waals surface area contributed by atoms with Gasteiger partial charge in [-0.3, -0.25) is 4.98 Å². The lowest BCUT2D eigenvalue weighted by Gasteiger charge is -2.16. The van der Waals surface area contributed by atoms with Gasteiger partial charge < -0.3 is 4.98 Å². The zero-order valence-corrected chi connectivity index (χ0v) is 10.7. The summed E-state index contributed by atoms with van der Waals surface area (Å²) in [6.07, 6.45) is 5.72. The zero-order valence-electron chi connectivity index (χ0n) is 10.7. The van der Waals surface area contributed by atoms with Crippen molar-refractivity contribution in [2.45, 2.75) is 39.5 Å². The van der Waals surface area contributed by atoms with Crippen LogP contribution in [0.25, 0.3) is 0 Å². The normalized spacial score (nSPS) is 12.6. The summed E-state index contributed by atoms with van der Waals surface area (Å²) in [5.41, 5.74) is 4.81. The smallest absolute Gasteiger partial charge is 0.0925 e. The standard InChI is InChI=1S/C14H19N3/c1-4-12(8-14-11(3)16-9-17-14)13-6-5-7-15-10(13)2/h5-7,9,12H,4,8H2,1-3H3,(H,16,17). The van der Waals surface area contributed by atoms with Crippen LogP contribution in [0.3, 0.4) is 0 Å². The fraction of sp³-hybridized carbons (Fsp3) is 0.429. The van der Waals surface area contributed by atoms with Gasteiger partial charge in [-0.1, -0.05) is 13.0 Å². The second kappa shape index (κ2) is 5.13. The summed E-state index contributed by atoms with van der Waals surface area (Å²) in [5, 5.41) is 0. The topological polar surface area (TPSA) is 41.6 Å². The maximum Gasteiger partial charge on any atom is 0.0925 e. The molecule has 0 saturated heterocycles. The SMILES string of the molecule is CCC(Cc1nc[nH]c1C)c1cccnc1C. The largest absolute Gasteiger partial charge is 0.348 e. The second-order valence-electron chi connectivity index (χ2n) is 4.46. The molecule has 0 aliphatic carbocycles. The molecule has 0 aliphatic heterocycles. The molecule has 0 radical (unpaired) electrons. The van der Waals surface area contributed by atoms with Crippen molar-refractivity contribution >= 4 is 0 Å². The van der Waals surface area contributed by atoms with E-state index in [1.165, 1.54) is 17.0 Å². The Morgan fingerprint density at radius 3 is 2.71 bits per heavy atom. The molecule has 90 valence electrons. The molecule has 0 aromatic carbocycles. The van der Waals surface area contributed by atoms with Crippen molar-refractivity contribution in [3.8, 4) is 0 Å². The van der Waals surface area contributed by atoms with Gasteiger partial charge in [0.15, 0.2) is 0 Å². The fourth-order valence-corrected chi connectivity index (χ4v) is 2.23. The van der Waals surface area contributed by atoms with Crippen molar-refractivity contribution in [2.24, 2.45) is 0 Å². The van der Waals surface area contributed by atoms with Crippen molar-refractivity contribution in [2.75, 3.05) is 0 Å². The second-order valence-corrected chi connectivity index (χ2v) is 4.46. The highest BCUT2D eigenvalue weighted by atomic mass is 14.9. The first-order valence-corrected chi connectivity index (χ1v) is 6.12. The molecule has 0 bridgehead atoms. The lowest BCUT2D eigenvalue weighted by atomic mass is 9.90. The molecule has 17 heavy (non-hydrogen) atoms. The minimum Gasteiger partial charge on any atom is -0.348 e. The summed E-state index contributed by atoms with van der Waals surface area (Å²) < 4.78 is 0. The Labute approximate surface area is 102 Å². The number of nitrogens with one attached hydrogen (secondary N) is 1. The van der Waals surface area contributed by atoms with E-state index < -0.39 is 0 Å². The van der Waals surface area contributed by atoms with Crippen molar-refractivity contribution in [3.05, 3.63) is 47.3 Å². The van der Waals surface area contributed by atoms with Crippen LogP contribution in [0.4, 0.5) is 0 Å². The molecule has 2 rings (SSSR count). The number of imidazole rings is 1. The molecule has 3 nitrogen and oxygen atoms in total. The summed E-state index contributed by atoms with van der Waals surface area (Å²) in [6.45, 7) is 6.37. The maximum atomic E-state index is 4.38. The summed E-state index contributed by atoms with van der Waals surface area (Å²) in [4.78, 5) is 11.9. The van der Waals surface area contributed by atoms with Crippen molar-refractivity contribution in [1.29, 1.82) is 0 Å². The molecule has 2 heterocycles. The number of hydrogen-bond acceptors (Lipinski definition) is 2. The molecule has 2 aromatic heterocycles. The lowest BCUT2D eigenvalue weighted by molar-refractivity contribution is 0.641. The third-order valence-electron chi connectivity index (χ3n) is 3.35. The minimum atomic E-state index is 0.505. The van der Waals surface area contributed by atoms with Gasteiger partial charge in [0.05, 0.1) is 12.0 Å². The van der Waals surface area contributed by atoms with Gasteiger partial charge in [0.1, 0.15) is 0 Å². The average molecular weight is 229 g/mol. The molecule has 0 amide bonds. The molecule has 0 fully saturated rings. The molecule has 0 aliphatic rings. The summed E-state index contributed by atoms with van der Waals surface area (Å²) in [5.74, 6) is 0.505. The van der Waals surface area contributed by atoms with Crippen LogP contribution in [-0.4, -0.2) is 15.0 Å². The van der Waals surface area contributed by atoms with Crippen LogP contribution >= 0.6 is 0 Å². The first-order chi connectivity index (χ1) is 8.22. The van der Waals surface area contributed by atoms with Crippen LogP contribution in [0, 0.1) is 13.8 Å². The van der Waals surface area contributed by atoms with E-state index in [4.69, 9.17) is 0 Å². The molecule has 1 unspecified atom stereocenters. The maximum absolute atomic E-state index is 4.38. The highest BCUT2D eigenvalue weighted by Crippen LogP contribution is 2.25. The third kappa shape index (κ3) is 2.54. The van der Waals surface area contributed by atoms with Gasteiger partial charge in [0.25, 0.3) is 0 Å². The molecule has 0 saturated carbocycles. The average Bonchev–Trinajstić information content (AvgIpc) is 2.73. The van der Waals surface area contributed by atoms with E-state index in [0.717, 1.165) is 18.5 Å². The predicted octanol–water partition coefficient (Wildman–Crippen LogP) is 3.16. The van der Waals surface area contributed by atoms with Crippen LogP contribution < -0.4 is 0 Å². The summed E-state index contributed by atoms with van der Waals surface area (Å²) in [6, 6.07) is 4.20. The van der Waals surface area contributed by atoms with Crippen LogP contribution in [0.1, 0.15) is 41.9 Å².